The number of nitrogens with one attached hydrogen (secondary N) is 1. The molecule has 1 N–H and O–H groups in total. The standard InChI is InChI=1S/C18H16F3NO3/c1-11-5-3-8-14(16(11)17(24)25-2)22-15(23)10-12-6-4-7-13(9-12)18(19,20)21/h3-9H,10H2,1-2H3,(H,22,23). The summed E-state index contributed by atoms with van der Waals surface area (Å²) in [4.78, 5) is 24.0. The number of benzene rings is 2. The van der Waals surface area contributed by atoms with Crippen LogP contribution in [0.2, 0.25) is 0 Å². The normalized spacial score (nSPS) is 11.1. The summed E-state index contributed by atoms with van der Waals surface area (Å²) in [6, 6.07) is 9.43. The molecule has 0 aliphatic heterocycles. The van der Waals surface area contributed by atoms with Crippen LogP contribution in [0.1, 0.15) is 27.0 Å². The molecule has 0 aliphatic carbocycles. The van der Waals surface area contributed by atoms with Gasteiger partial charge in [0.05, 0.1) is 30.3 Å². The average Bonchev–Trinajstić information content (AvgIpc) is 2.53. The number of carbonyl (C=O) groups is 2. The van der Waals surface area contributed by atoms with Gasteiger partial charge in [0.2, 0.25) is 5.91 Å². The van der Waals surface area contributed by atoms with E-state index in [-0.39, 0.29) is 23.2 Å². The molecule has 2 aromatic carbocycles. The molecule has 4 nitrogen and oxygen atoms in total. The van der Waals surface area contributed by atoms with Gasteiger partial charge in [-0.05, 0) is 30.2 Å². The van der Waals surface area contributed by atoms with Crippen LogP contribution in [0.4, 0.5) is 18.9 Å². The summed E-state index contributed by atoms with van der Waals surface area (Å²) >= 11 is 0. The van der Waals surface area contributed by atoms with Crippen molar-refractivity contribution in [1.29, 1.82) is 0 Å². The molecule has 25 heavy (non-hydrogen) atoms. The molecule has 0 radical (unpaired) electrons. The van der Waals surface area contributed by atoms with Gasteiger partial charge in [-0.2, -0.15) is 13.2 Å². The molecule has 0 aromatic heterocycles. The van der Waals surface area contributed by atoms with E-state index in [1.807, 2.05) is 0 Å². The second-order valence-electron chi connectivity index (χ2n) is 5.41. The molecule has 132 valence electrons. The first-order valence-corrected chi connectivity index (χ1v) is 7.36. The molecule has 0 bridgehead atoms. The molecule has 1 amide bonds. The molecule has 0 saturated heterocycles. The predicted molar refractivity (Wildman–Crippen MR) is 86.3 cm³/mol. The quantitative estimate of drug-likeness (QED) is 0.848. The molecule has 0 fully saturated rings. The van der Waals surface area contributed by atoms with Gasteiger partial charge in [0.1, 0.15) is 0 Å². The van der Waals surface area contributed by atoms with Crippen LogP contribution in [0.3, 0.4) is 0 Å². The Bertz CT molecular complexity index is 800. The zero-order chi connectivity index (χ0) is 18.6. The van der Waals surface area contributed by atoms with E-state index in [0.717, 1.165) is 12.1 Å². The van der Waals surface area contributed by atoms with Crippen LogP contribution in [0.25, 0.3) is 0 Å². The number of rotatable bonds is 4. The Morgan fingerprint density at radius 3 is 2.44 bits per heavy atom. The Kier molecular flexibility index (Phi) is 5.46. The number of alkyl halides is 3. The number of esters is 1. The van der Waals surface area contributed by atoms with Gasteiger partial charge in [0, 0.05) is 0 Å². The zero-order valence-electron chi connectivity index (χ0n) is 13.6. The molecule has 0 heterocycles. The van der Waals surface area contributed by atoms with E-state index in [0.29, 0.717) is 5.56 Å². The van der Waals surface area contributed by atoms with Crippen molar-refractivity contribution in [2.24, 2.45) is 0 Å². The third-order valence-electron chi connectivity index (χ3n) is 3.56. The topological polar surface area (TPSA) is 55.4 Å². The molecule has 0 atom stereocenters. The lowest BCUT2D eigenvalue weighted by Gasteiger charge is -2.12. The Morgan fingerprint density at radius 1 is 1.12 bits per heavy atom. The molecule has 0 unspecified atom stereocenters. The molecule has 7 heteroatoms. The van der Waals surface area contributed by atoms with Gasteiger partial charge in [-0.1, -0.05) is 30.3 Å². The highest BCUT2D eigenvalue weighted by atomic mass is 19.4. The van der Waals surface area contributed by atoms with E-state index >= 15 is 0 Å². The second-order valence-corrected chi connectivity index (χ2v) is 5.41. The van der Waals surface area contributed by atoms with Crippen molar-refractivity contribution in [3.05, 3.63) is 64.7 Å². The van der Waals surface area contributed by atoms with Gasteiger partial charge in [0.15, 0.2) is 0 Å². The first-order chi connectivity index (χ1) is 11.7. The molecule has 0 spiro atoms. The smallest absolute Gasteiger partial charge is 0.416 e. The van der Waals surface area contributed by atoms with Crippen LogP contribution in [-0.4, -0.2) is 19.0 Å². The van der Waals surface area contributed by atoms with E-state index in [2.05, 4.69) is 5.32 Å². The van der Waals surface area contributed by atoms with Gasteiger partial charge >= 0.3 is 12.1 Å². The Balaban J connectivity index is 2.19. The van der Waals surface area contributed by atoms with Crippen molar-refractivity contribution in [2.45, 2.75) is 19.5 Å². The van der Waals surface area contributed by atoms with E-state index < -0.39 is 23.6 Å². The minimum Gasteiger partial charge on any atom is -0.465 e. The predicted octanol–water partition coefficient (Wildman–Crippen LogP) is 3.98. The number of carbonyl (C=O) groups excluding carboxylic acids is 2. The Labute approximate surface area is 142 Å². The lowest BCUT2D eigenvalue weighted by Crippen LogP contribution is -2.18. The van der Waals surface area contributed by atoms with Crippen molar-refractivity contribution >= 4 is 17.6 Å². The minimum atomic E-state index is -4.47. The molecule has 2 aromatic rings. The lowest BCUT2D eigenvalue weighted by atomic mass is 10.1. The van der Waals surface area contributed by atoms with Gasteiger partial charge < -0.3 is 10.1 Å². The van der Waals surface area contributed by atoms with E-state index in [4.69, 9.17) is 4.74 Å². The summed E-state index contributed by atoms with van der Waals surface area (Å²) in [6.45, 7) is 1.69. The highest BCUT2D eigenvalue weighted by Crippen LogP contribution is 2.29. The number of ether oxygens (including phenoxy) is 1. The highest BCUT2D eigenvalue weighted by molar-refractivity contribution is 6.02. The minimum absolute atomic E-state index is 0.211. The number of aryl methyl sites for hydroxylation is 1. The molecular formula is C18H16F3NO3. The SMILES string of the molecule is COC(=O)c1c(C)cccc1NC(=O)Cc1cccc(C(F)(F)F)c1. The summed E-state index contributed by atoms with van der Waals surface area (Å²) < 4.78 is 42.9. The summed E-state index contributed by atoms with van der Waals surface area (Å²) in [5.41, 5.74) is 0.484. The molecule has 0 saturated carbocycles. The van der Waals surface area contributed by atoms with Crippen molar-refractivity contribution in [2.75, 3.05) is 12.4 Å². The fraction of sp³-hybridized carbons (Fsp3) is 0.222. The maximum atomic E-state index is 12.7. The van der Waals surface area contributed by atoms with Crippen LogP contribution < -0.4 is 5.32 Å². The maximum absolute atomic E-state index is 12.7. The van der Waals surface area contributed by atoms with Crippen molar-refractivity contribution < 1.29 is 27.5 Å². The summed E-state index contributed by atoms with van der Waals surface area (Å²) in [5.74, 6) is -1.14. The van der Waals surface area contributed by atoms with Crippen molar-refractivity contribution in [3.63, 3.8) is 0 Å². The van der Waals surface area contributed by atoms with Gasteiger partial charge in [-0.3, -0.25) is 4.79 Å². The van der Waals surface area contributed by atoms with Gasteiger partial charge in [0.25, 0.3) is 0 Å². The van der Waals surface area contributed by atoms with Crippen LogP contribution in [0.5, 0.6) is 0 Å². The number of methoxy groups -OCH3 is 1. The summed E-state index contributed by atoms with van der Waals surface area (Å²) in [6.07, 6.45) is -4.72. The van der Waals surface area contributed by atoms with E-state index in [9.17, 15) is 22.8 Å². The summed E-state index contributed by atoms with van der Waals surface area (Å²) in [5, 5.41) is 2.55. The molecular weight excluding hydrogens is 335 g/mol. The number of halogens is 3. The fourth-order valence-electron chi connectivity index (χ4n) is 2.38. The van der Waals surface area contributed by atoms with E-state index in [1.54, 1.807) is 19.1 Å². The Morgan fingerprint density at radius 2 is 1.80 bits per heavy atom. The lowest BCUT2D eigenvalue weighted by molar-refractivity contribution is -0.137. The van der Waals surface area contributed by atoms with Gasteiger partial charge in [-0.25, -0.2) is 4.79 Å². The van der Waals surface area contributed by atoms with Crippen LogP contribution in [0, 0.1) is 6.92 Å². The second kappa shape index (κ2) is 7.38. The van der Waals surface area contributed by atoms with Crippen molar-refractivity contribution in [1.82, 2.24) is 0 Å². The number of amides is 1. The first-order valence-electron chi connectivity index (χ1n) is 7.36. The van der Waals surface area contributed by atoms with Crippen molar-refractivity contribution in [3.8, 4) is 0 Å². The van der Waals surface area contributed by atoms with Crippen LogP contribution in [-0.2, 0) is 22.1 Å². The number of hydrogen-bond donors (Lipinski definition) is 1. The van der Waals surface area contributed by atoms with Crippen LogP contribution >= 0.6 is 0 Å². The average molecular weight is 351 g/mol. The molecule has 2 rings (SSSR count). The highest BCUT2D eigenvalue weighted by Gasteiger charge is 2.30. The maximum Gasteiger partial charge on any atom is 0.416 e. The molecule has 0 aliphatic rings. The third-order valence-corrected chi connectivity index (χ3v) is 3.56. The first kappa shape index (κ1) is 18.5. The monoisotopic (exact) mass is 351 g/mol. The largest absolute Gasteiger partial charge is 0.465 e. The van der Waals surface area contributed by atoms with E-state index in [1.165, 1.54) is 25.3 Å². The third kappa shape index (κ3) is 4.59. The fourth-order valence-corrected chi connectivity index (χ4v) is 2.38. The zero-order valence-corrected chi connectivity index (χ0v) is 13.6. The van der Waals surface area contributed by atoms with Gasteiger partial charge in [-0.15, -0.1) is 0 Å². The van der Waals surface area contributed by atoms with Crippen LogP contribution in [0.15, 0.2) is 42.5 Å². The number of anilines is 1. The number of hydrogen-bond acceptors (Lipinski definition) is 3. The summed E-state index contributed by atoms with van der Waals surface area (Å²) in [7, 11) is 1.23. The Hall–Kier alpha value is -2.83.